The van der Waals surface area contributed by atoms with Crippen LogP contribution in [-0.4, -0.2) is 74.4 Å². The second-order valence-electron chi connectivity index (χ2n) is 9.44. The third kappa shape index (κ3) is 5.50. The van der Waals surface area contributed by atoms with E-state index in [2.05, 4.69) is 56.0 Å². The Balaban J connectivity index is 1.18. The Morgan fingerprint density at radius 3 is 2.08 bits per heavy atom. The molecule has 0 bridgehead atoms. The van der Waals surface area contributed by atoms with Gasteiger partial charge in [0.1, 0.15) is 17.8 Å². The molecule has 2 aromatic carbocycles. The van der Waals surface area contributed by atoms with Crippen molar-refractivity contribution in [2.45, 2.75) is 13.1 Å². The largest absolute Gasteiger partial charge is 0.507 e. The molecular formula is C28H34N4O4. The highest BCUT2D eigenvalue weighted by molar-refractivity contribution is 5.51. The summed E-state index contributed by atoms with van der Waals surface area (Å²) in [5, 5.41) is 11.0. The summed E-state index contributed by atoms with van der Waals surface area (Å²) in [7, 11) is 1.68. The normalized spacial score (nSPS) is 17.4. The topological polar surface area (TPSA) is 72.6 Å². The van der Waals surface area contributed by atoms with Crippen LogP contribution in [0.4, 0.5) is 11.4 Å². The number of ether oxygens (including phenoxy) is 1. The number of hydrogen-bond acceptors (Lipinski definition) is 8. The van der Waals surface area contributed by atoms with E-state index < -0.39 is 5.63 Å². The lowest BCUT2D eigenvalue weighted by Gasteiger charge is -2.36. The number of aromatic hydroxyl groups is 1. The van der Waals surface area contributed by atoms with Crippen LogP contribution < -0.4 is 20.2 Å². The van der Waals surface area contributed by atoms with E-state index in [0.29, 0.717) is 24.2 Å². The van der Waals surface area contributed by atoms with Crippen LogP contribution in [0.15, 0.2) is 70.1 Å². The van der Waals surface area contributed by atoms with Gasteiger partial charge in [-0.2, -0.15) is 0 Å². The van der Waals surface area contributed by atoms with E-state index in [1.807, 2.05) is 18.2 Å². The molecule has 2 fully saturated rings. The van der Waals surface area contributed by atoms with Crippen molar-refractivity contribution in [2.75, 3.05) is 69.3 Å². The van der Waals surface area contributed by atoms with E-state index in [4.69, 9.17) is 9.15 Å². The van der Waals surface area contributed by atoms with Gasteiger partial charge >= 0.3 is 5.63 Å². The number of rotatable bonds is 7. The maximum absolute atomic E-state index is 12.5. The third-order valence-electron chi connectivity index (χ3n) is 7.20. The first-order chi connectivity index (χ1) is 17.6. The summed E-state index contributed by atoms with van der Waals surface area (Å²) >= 11 is 0. The summed E-state index contributed by atoms with van der Waals surface area (Å²) in [6.45, 7) is 7.82. The summed E-state index contributed by atoms with van der Waals surface area (Å²) in [4.78, 5) is 21.7. The number of nitrogens with zero attached hydrogens (tertiary/aromatic N) is 4. The second-order valence-corrected chi connectivity index (χ2v) is 9.44. The van der Waals surface area contributed by atoms with Gasteiger partial charge in [0.05, 0.1) is 12.7 Å². The lowest BCUT2D eigenvalue weighted by Crippen LogP contribution is -2.46. The molecule has 0 spiro atoms. The zero-order valence-electron chi connectivity index (χ0n) is 20.8. The maximum atomic E-state index is 12.5. The van der Waals surface area contributed by atoms with Crippen molar-refractivity contribution >= 4 is 11.4 Å². The molecule has 8 heteroatoms. The zero-order valence-corrected chi connectivity index (χ0v) is 20.8. The summed E-state index contributed by atoms with van der Waals surface area (Å²) in [6, 6.07) is 18.5. The zero-order chi connectivity index (χ0) is 24.9. The minimum absolute atomic E-state index is 0.0759. The predicted octanol–water partition coefficient (Wildman–Crippen LogP) is 3.00. The van der Waals surface area contributed by atoms with Gasteiger partial charge in [0, 0.05) is 88.5 Å². The molecule has 1 aromatic heterocycles. The van der Waals surface area contributed by atoms with E-state index in [1.165, 1.54) is 12.0 Å². The highest BCUT2D eigenvalue weighted by atomic mass is 16.5. The molecule has 2 saturated heterocycles. The highest BCUT2D eigenvalue weighted by Crippen LogP contribution is 2.26. The lowest BCUT2D eigenvalue weighted by atomic mass is 10.1. The Bertz CT molecular complexity index is 1200. The van der Waals surface area contributed by atoms with E-state index in [1.54, 1.807) is 7.11 Å². The van der Waals surface area contributed by atoms with Gasteiger partial charge in [-0.3, -0.25) is 9.80 Å². The molecule has 2 aliphatic rings. The third-order valence-corrected chi connectivity index (χ3v) is 7.20. The molecule has 0 saturated carbocycles. The fraction of sp³-hybridized carbons (Fsp3) is 0.393. The average Bonchev–Trinajstić information content (AvgIpc) is 2.94. The van der Waals surface area contributed by atoms with Crippen molar-refractivity contribution in [2.24, 2.45) is 0 Å². The van der Waals surface area contributed by atoms with Crippen molar-refractivity contribution in [1.82, 2.24) is 9.80 Å². The number of benzene rings is 2. The van der Waals surface area contributed by atoms with Crippen LogP contribution in [0, 0.1) is 0 Å². The van der Waals surface area contributed by atoms with Gasteiger partial charge in [-0.25, -0.2) is 4.79 Å². The molecule has 190 valence electrons. The van der Waals surface area contributed by atoms with Gasteiger partial charge in [-0.05, 0) is 24.3 Å². The number of piperazine rings is 2. The number of hydrogen-bond donors (Lipinski definition) is 1. The van der Waals surface area contributed by atoms with Crippen molar-refractivity contribution in [3.63, 3.8) is 0 Å². The first kappa shape index (κ1) is 24.2. The molecule has 0 atom stereocenters. The van der Waals surface area contributed by atoms with Gasteiger partial charge in [0.2, 0.25) is 0 Å². The van der Waals surface area contributed by atoms with E-state index in [-0.39, 0.29) is 5.75 Å². The SMILES string of the molecule is COc1cccc(N2CCN(Cc3coc(=O)c(CN4CCN(c5ccccc5)CC4)c3O)CC2)c1. The van der Waals surface area contributed by atoms with Crippen molar-refractivity contribution in [3.05, 3.63) is 82.4 Å². The predicted molar refractivity (Wildman–Crippen MR) is 141 cm³/mol. The minimum atomic E-state index is -0.454. The molecule has 1 N–H and O–H groups in total. The number of para-hydroxylation sites is 1. The summed E-state index contributed by atoms with van der Waals surface area (Å²) in [5.41, 5.74) is 2.94. The quantitative estimate of drug-likeness (QED) is 0.542. The Kier molecular flexibility index (Phi) is 7.44. The van der Waals surface area contributed by atoms with Crippen molar-refractivity contribution in [3.8, 4) is 11.5 Å². The first-order valence-electron chi connectivity index (χ1n) is 12.6. The molecule has 0 amide bonds. The van der Waals surface area contributed by atoms with Crippen LogP contribution in [0.1, 0.15) is 11.1 Å². The van der Waals surface area contributed by atoms with Crippen LogP contribution >= 0.6 is 0 Å². The highest BCUT2D eigenvalue weighted by Gasteiger charge is 2.24. The maximum Gasteiger partial charge on any atom is 0.343 e. The molecular weight excluding hydrogens is 456 g/mol. The van der Waals surface area contributed by atoms with Gasteiger partial charge in [0.15, 0.2) is 0 Å². The van der Waals surface area contributed by atoms with E-state index in [0.717, 1.165) is 63.8 Å². The fourth-order valence-corrected chi connectivity index (χ4v) is 5.03. The fourth-order valence-electron chi connectivity index (χ4n) is 5.03. The molecule has 3 aromatic rings. The molecule has 0 radical (unpaired) electrons. The van der Waals surface area contributed by atoms with Crippen LogP contribution in [-0.2, 0) is 13.1 Å². The minimum Gasteiger partial charge on any atom is -0.507 e. The Labute approximate surface area is 211 Å². The van der Waals surface area contributed by atoms with Crippen LogP contribution in [0.3, 0.4) is 0 Å². The van der Waals surface area contributed by atoms with Gasteiger partial charge in [-0.15, -0.1) is 0 Å². The Morgan fingerprint density at radius 1 is 0.806 bits per heavy atom. The monoisotopic (exact) mass is 490 g/mol. The first-order valence-corrected chi connectivity index (χ1v) is 12.6. The number of anilines is 2. The van der Waals surface area contributed by atoms with Crippen molar-refractivity contribution < 1.29 is 14.3 Å². The molecule has 2 aliphatic heterocycles. The molecule has 0 aliphatic carbocycles. The van der Waals surface area contributed by atoms with Gasteiger partial charge in [0.25, 0.3) is 0 Å². The van der Waals surface area contributed by atoms with Crippen LogP contribution in [0.25, 0.3) is 0 Å². The van der Waals surface area contributed by atoms with Crippen LogP contribution in [0.2, 0.25) is 0 Å². The molecule has 0 unspecified atom stereocenters. The Morgan fingerprint density at radius 2 is 1.42 bits per heavy atom. The molecule has 5 rings (SSSR count). The number of methoxy groups -OCH3 is 1. The Hall–Kier alpha value is -3.49. The van der Waals surface area contributed by atoms with E-state index >= 15 is 0 Å². The smallest absolute Gasteiger partial charge is 0.343 e. The van der Waals surface area contributed by atoms with Gasteiger partial charge in [-0.1, -0.05) is 24.3 Å². The lowest BCUT2D eigenvalue weighted by molar-refractivity contribution is 0.233. The standard InChI is InChI=1S/C28H34N4O4/c1-35-25-9-5-8-24(18-25)32-16-10-29(11-17-32)19-22-21-36-28(34)26(27(22)33)20-30-12-14-31(15-13-30)23-6-3-2-4-7-23/h2-9,18,21,33H,10-17,19-20H2,1H3. The molecule has 8 nitrogen and oxygen atoms in total. The summed E-state index contributed by atoms with van der Waals surface area (Å²) < 4.78 is 10.7. The van der Waals surface area contributed by atoms with Gasteiger partial charge < -0.3 is 24.1 Å². The summed E-state index contributed by atoms with van der Waals surface area (Å²) in [5.74, 6) is 0.931. The average molecular weight is 491 g/mol. The summed E-state index contributed by atoms with van der Waals surface area (Å²) in [6.07, 6.45) is 1.42. The van der Waals surface area contributed by atoms with Crippen molar-refractivity contribution in [1.29, 1.82) is 0 Å². The van der Waals surface area contributed by atoms with Crippen LogP contribution in [0.5, 0.6) is 11.5 Å². The molecule has 36 heavy (non-hydrogen) atoms. The van der Waals surface area contributed by atoms with E-state index in [9.17, 15) is 9.90 Å². The molecule has 3 heterocycles. The second kappa shape index (κ2) is 11.1.